The van der Waals surface area contributed by atoms with Crippen molar-refractivity contribution in [2.24, 2.45) is 5.73 Å². The predicted molar refractivity (Wildman–Crippen MR) is 58.3 cm³/mol. The van der Waals surface area contributed by atoms with Gasteiger partial charge in [-0.05, 0) is 24.6 Å². The molecular weight excluding hydrogens is 217 g/mol. The Hall–Kier alpha value is -1.23. The number of hydrogen-bond donors (Lipinski definition) is 1. The standard InChI is InChI=1S/C11H15F3N2/c1-7(15)8-3-4-10(9(12)5-8)16(2)6-11(13)14/h3-5,7,11H,6,15H2,1-2H3/t7-/m1/s1. The van der Waals surface area contributed by atoms with Gasteiger partial charge in [0, 0.05) is 13.1 Å². The first kappa shape index (κ1) is 12.8. The minimum atomic E-state index is -2.49. The maximum Gasteiger partial charge on any atom is 0.255 e. The van der Waals surface area contributed by atoms with Gasteiger partial charge in [0.25, 0.3) is 6.43 Å². The van der Waals surface area contributed by atoms with Crippen LogP contribution in [0.4, 0.5) is 18.9 Å². The number of nitrogens with zero attached hydrogens (tertiary/aromatic N) is 1. The van der Waals surface area contributed by atoms with Crippen LogP contribution in [0.15, 0.2) is 18.2 Å². The van der Waals surface area contributed by atoms with Crippen molar-refractivity contribution in [2.75, 3.05) is 18.5 Å². The summed E-state index contributed by atoms with van der Waals surface area (Å²) in [6.07, 6.45) is -2.49. The topological polar surface area (TPSA) is 29.3 Å². The quantitative estimate of drug-likeness (QED) is 0.864. The van der Waals surface area contributed by atoms with E-state index in [0.717, 1.165) is 0 Å². The van der Waals surface area contributed by atoms with Crippen molar-refractivity contribution in [3.8, 4) is 0 Å². The molecule has 16 heavy (non-hydrogen) atoms. The van der Waals surface area contributed by atoms with Crippen molar-refractivity contribution in [1.29, 1.82) is 0 Å². The smallest absolute Gasteiger partial charge is 0.255 e. The van der Waals surface area contributed by atoms with Gasteiger partial charge in [0.15, 0.2) is 0 Å². The molecule has 0 bridgehead atoms. The van der Waals surface area contributed by atoms with Crippen LogP contribution >= 0.6 is 0 Å². The first-order valence-electron chi connectivity index (χ1n) is 4.96. The highest BCUT2D eigenvalue weighted by atomic mass is 19.3. The molecule has 1 aromatic rings. The summed E-state index contributed by atoms with van der Waals surface area (Å²) in [4.78, 5) is 1.19. The summed E-state index contributed by atoms with van der Waals surface area (Å²) < 4.78 is 37.8. The molecule has 0 aliphatic rings. The van der Waals surface area contributed by atoms with E-state index in [1.54, 1.807) is 13.0 Å². The van der Waals surface area contributed by atoms with Crippen LogP contribution in [0.2, 0.25) is 0 Å². The molecule has 90 valence electrons. The second kappa shape index (κ2) is 5.21. The molecule has 5 heteroatoms. The molecular formula is C11H15F3N2. The van der Waals surface area contributed by atoms with Crippen molar-refractivity contribution < 1.29 is 13.2 Å². The van der Waals surface area contributed by atoms with Crippen molar-refractivity contribution in [3.05, 3.63) is 29.6 Å². The number of halogens is 3. The van der Waals surface area contributed by atoms with Crippen LogP contribution in [0.3, 0.4) is 0 Å². The van der Waals surface area contributed by atoms with Crippen LogP contribution < -0.4 is 10.6 Å². The summed E-state index contributed by atoms with van der Waals surface area (Å²) in [6.45, 7) is 1.24. The van der Waals surface area contributed by atoms with Gasteiger partial charge in [-0.25, -0.2) is 13.2 Å². The van der Waals surface area contributed by atoms with Gasteiger partial charge in [-0.2, -0.15) is 0 Å². The van der Waals surface area contributed by atoms with Gasteiger partial charge >= 0.3 is 0 Å². The van der Waals surface area contributed by atoms with Crippen molar-refractivity contribution >= 4 is 5.69 Å². The molecule has 0 aliphatic heterocycles. The Labute approximate surface area is 92.9 Å². The Morgan fingerprint density at radius 1 is 1.38 bits per heavy atom. The molecule has 0 aliphatic carbocycles. The van der Waals surface area contributed by atoms with Crippen LogP contribution in [0.25, 0.3) is 0 Å². The zero-order chi connectivity index (χ0) is 12.3. The van der Waals surface area contributed by atoms with E-state index in [9.17, 15) is 13.2 Å². The van der Waals surface area contributed by atoms with Crippen LogP contribution in [-0.4, -0.2) is 20.0 Å². The molecule has 1 rings (SSSR count). The largest absolute Gasteiger partial charge is 0.367 e. The van der Waals surface area contributed by atoms with E-state index in [1.807, 2.05) is 0 Å². The molecule has 1 atom stereocenters. The van der Waals surface area contributed by atoms with Gasteiger partial charge < -0.3 is 10.6 Å². The average molecular weight is 232 g/mol. The van der Waals surface area contributed by atoms with E-state index in [1.165, 1.54) is 24.1 Å². The fraction of sp³-hybridized carbons (Fsp3) is 0.455. The summed E-state index contributed by atoms with van der Waals surface area (Å²) in [5.41, 5.74) is 6.39. The maximum absolute atomic E-state index is 13.6. The van der Waals surface area contributed by atoms with Crippen LogP contribution in [-0.2, 0) is 0 Å². The molecule has 0 radical (unpaired) electrons. The number of anilines is 1. The summed E-state index contributed by atoms with van der Waals surface area (Å²) in [7, 11) is 1.43. The summed E-state index contributed by atoms with van der Waals surface area (Å²) in [5.74, 6) is -0.530. The highest BCUT2D eigenvalue weighted by molar-refractivity contribution is 5.48. The minimum absolute atomic E-state index is 0.157. The monoisotopic (exact) mass is 232 g/mol. The normalized spacial score (nSPS) is 12.9. The Morgan fingerprint density at radius 3 is 2.44 bits per heavy atom. The number of benzene rings is 1. The Morgan fingerprint density at radius 2 is 2.00 bits per heavy atom. The lowest BCUT2D eigenvalue weighted by molar-refractivity contribution is 0.156. The lowest BCUT2D eigenvalue weighted by Crippen LogP contribution is -2.25. The van der Waals surface area contributed by atoms with Crippen molar-refractivity contribution in [3.63, 3.8) is 0 Å². The highest BCUT2D eigenvalue weighted by Gasteiger charge is 2.13. The van der Waals surface area contributed by atoms with E-state index < -0.39 is 18.8 Å². The van der Waals surface area contributed by atoms with E-state index >= 15 is 0 Å². The molecule has 0 heterocycles. The van der Waals surface area contributed by atoms with Gasteiger partial charge in [-0.3, -0.25) is 0 Å². The summed E-state index contributed by atoms with van der Waals surface area (Å²) in [6, 6.07) is 4.12. The summed E-state index contributed by atoms with van der Waals surface area (Å²) >= 11 is 0. The fourth-order valence-electron chi connectivity index (χ4n) is 1.42. The zero-order valence-electron chi connectivity index (χ0n) is 9.25. The molecule has 0 saturated heterocycles. The molecule has 0 saturated carbocycles. The Bertz CT molecular complexity index is 353. The van der Waals surface area contributed by atoms with Gasteiger partial charge in [0.05, 0.1) is 12.2 Å². The first-order valence-corrected chi connectivity index (χ1v) is 4.96. The molecule has 0 spiro atoms. The first-order chi connectivity index (χ1) is 7.41. The molecule has 0 aromatic heterocycles. The number of alkyl halides is 2. The van der Waals surface area contributed by atoms with Gasteiger partial charge in [0.1, 0.15) is 5.82 Å². The number of rotatable bonds is 4. The van der Waals surface area contributed by atoms with Gasteiger partial charge in [0.2, 0.25) is 0 Å². The lowest BCUT2D eigenvalue weighted by Gasteiger charge is -2.20. The summed E-state index contributed by atoms with van der Waals surface area (Å²) in [5, 5.41) is 0. The number of hydrogen-bond acceptors (Lipinski definition) is 2. The average Bonchev–Trinajstić information content (AvgIpc) is 2.15. The van der Waals surface area contributed by atoms with Gasteiger partial charge in [-0.15, -0.1) is 0 Å². The molecule has 0 unspecified atom stereocenters. The van der Waals surface area contributed by atoms with Crippen LogP contribution in [0.5, 0.6) is 0 Å². The molecule has 0 amide bonds. The van der Waals surface area contributed by atoms with E-state index in [-0.39, 0.29) is 11.7 Å². The highest BCUT2D eigenvalue weighted by Crippen LogP contribution is 2.22. The molecule has 1 aromatic carbocycles. The second-order valence-corrected chi connectivity index (χ2v) is 3.77. The fourth-order valence-corrected chi connectivity index (χ4v) is 1.42. The van der Waals surface area contributed by atoms with E-state index in [4.69, 9.17) is 5.73 Å². The number of nitrogens with two attached hydrogens (primary N) is 1. The zero-order valence-corrected chi connectivity index (χ0v) is 9.25. The van der Waals surface area contributed by atoms with E-state index in [0.29, 0.717) is 5.56 Å². The van der Waals surface area contributed by atoms with Crippen LogP contribution in [0, 0.1) is 5.82 Å². The third-order valence-corrected chi connectivity index (χ3v) is 2.32. The van der Waals surface area contributed by atoms with Crippen LogP contribution in [0.1, 0.15) is 18.5 Å². The second-order valence-electron chi connectivity index (χ2n) is 3.77. The minimum Gasteiger partial charge on any atom is -0.367 e. The van der Waals surface area contributed by atoms with Crippen molar-refractivity contribution in [1.82, 2.24) is 0 Å². The Kier molecular flexibility index (Phi) is 4.18. The lowest BCUT2D eigenvalue weighted by atomic mass is 10.1. The predicted octanol–water partition coefficient (Wildman–Crippen LogP) is 2.55. The SMILES string of the molecule is C[C@@H](N)c1ccc(N(C)CC(F)F)c(F)c1. The third-order valence-electron chi connectivity index (χ3n) is 2.32. The maximum atomic E-state index is 13.6. The van der Waals surface area contributed by atoms with E-state index in [2.05, 4.69) is 0 Å². The molecule has 2 N–H and O–H groups in total. The van der Waals surface area contributed by atoms with Crippen molar-refractivity contribution in [2.45, 2.75) is 19.4 Å². The molecule has 0 fully saturated rings. The third kappa shape index (κ3) is 3.13. The molecule has 2 nitrogen and oxygen atoms in total. The van der Waals surface area contributed by atoms with Gasteiger partial charge in [-0.1, -0.05) is 6.07 Å². The Balaban J connectivity index is 2.90.